The largest absolute Gasteiger partial charge is 0.444 e. The quantitative estimate of drug-likeness (QED) is 0.122. The lowest BCUT2D eigenvalue weighted by atomic mass is 10.1. The number of carbonyl (C=O) groups excluding carboxylic acids is 1. The number of nitrogens with one attached hydrogen (secondary N) is 3. The van der Waals surface area contributed by atoms with E-state index in [4.69, 9.17) is 43.6 Å². The van der Waals surface area contributed by atoms with E-state index in [1.165, 1.54) is 0 Å². The molecule has 2 saturated heterocycles. The number of halogens is 2. The molecule has 0 unspecified atom stereocenters. The number of aromatic nitrogens is 6. The Hall–Kier alpha value is -6.35. The number of aromatic amines is 2. The fourth-order valence-electron chi connectivity index (χ4n) is 9.00. The standard InChI is InChI=1S/C27H30ClN5O3.C22H22ClN5O/c1-27(2,3)36-26(35)29-18-10-8-14-32(16-18)25-31-22-19-11-5-7-13-21(19)30-24(34)23(22)33(25)15-17-9-4-6-12-20(17)28;23-17-9-3-1-6-14(17)12-28-20-19(16-8-2-4-10-18(16)25-21(20)29)26-22(28)27-11-5-7-15(24)13-27/h4-7,9,11-13,18H,8,10,14-16H2,1-3H3,(H,29,35)(H,30,34);1-4,6,8-10,15H,5,7,11-13,24H2,(H,25,29)/t18-;15-/m11/s1. The zero-order valence-corrected chi connectivity index (χ0v) is 38.1. The molecular weight excluding hydrogens is 864 g/mol. The number of benzene rings is 4. The van der Waals surface area contributed by atoms with Crippen LogP contribution in [0.2, 0.25) is 10.0 Å². The number of anilines is 2. The highest BCUT2D eigenvalue weighted by molar-refractivity contribution is 6.31. The lowest BCUT2D eigenvalue weighted by Gasteiger charge is -2.34. The monoisotopic (exact) mass is 914 g/mol. The molecule has 65 heavy (non-hydrogen) atoms. The molecule has 0 aliphatic carbocycles. The fraction of sp³-hybridized carbons (Fsp3) is 0.327. The Morgan fingerprint density at radius 3 is 1.66 bits per heavy atom. The van der Waals surface area contributed by atoms with E-state index in [1.807, 2.05) is 127 Å². The number of carbonyl (C=O) groups is 1. The van der Waals surface area contributed by atoms with Crippen LogP contribution >= 0.6 is 23.2 Å². The van der Waals surface area contributed by atoms with Gasteiger partial charge in [0, 0.05) is 59.1 Å². The molecule has 5 N–H and O–H groups in total. The van der Waals surface area contributed by atoms with Crippen molar-refractivity contribution in [3.63, 3.8) is 0 Å². The molecule has 8 aromatic rings. The summed E-state index contributed by atoms with van der Waals surface area (Å²) in [6.45, 7) is 9.31. The Balaban J connectivity index is 0.000000168. The zero-order valence-electron chi connectivity index (χ0n) is 36.6. The Morgan fingerprint density at radius 2 is 1.17 bits per heavy atom. The summed E-state index contributed by atoms with van der Waals surface area (Å²) in [4.78, 5) is 59.1. The van der Waals surface area contributed by atoms with E-state index in [9.17, 15) is 14.4 Å². The lowest BCUT2D eigenvalue weighted by Crippen LogP contribution is -2.49. The van der Waals surface area contributed by atoms with Crippen LogP contribution in [0.4, 0.5) is 16.7 Å². The van der Waals surface area contributed by atoms with Crippen LogP contribution in [-0.2, 0) is 17.8 Å². The summed E-state index contributed by atoms with van der Waals surface area (Å²) in [7, 11) is 0. The number of piperidine rings is 2. The molecule has 2 fully saturated rings. The van der Waals surface area contributed by atoms with E-state index in [2.05, 4.69) is 25.1 Å². The van der Waals surface area contributed by atoms with Crippen LogP contribution in [0.15, 0.2) is 107 Å². The third kappa shape index (κ3) is 9.29. The lowest BCUT2D eigenvalue weighted by molar-refractivity contribution is 0.0499. The number of para-hydroxylation sites is 2. The van der Waals surface area contributed by atoms with Crippen molar-refractivity contribution in [3.05, 3.63) is 139 Å². The Labute approximate surface area is 385 Å². The molecule has 0 radical (unpaired) electrons. The number of H-pyrrole nitrogens is 2. The van der Waals surface area contributed by atoms with E-state index in [0.717, 1.165) is 84.2 Å². The number of alkyl carbamates (subject to hydrolysis) is 1. The van der Waals surface area contributed by atoms with Gasteiger partial charge in [-0.25, -0.2) is 14.8 Å². The number of ether oxygens (including phenoxy) is 1. The third-order valence-corrected chi connectivity index (χ3v) is 12.7. The molecule has 0 spiro atoms. The molecule has 10 rings (SSSR count). The van der Waals surface area contributed by atoms with Crippen molar-refractivity contribution in [2.24, 2.45) is 5.73 Å². The molecule has 2 aliphatic rings. The maximum absolute atomic E-state index is 13.3. The van der Waals surface area contributed by atoms with Crippen LogP contribution in [0.5, 0.6) is 0 Å². The highest BCUT2D eigenvalue weighted by atomic mass is 35.5. The van der Waals surface area contributed by atoms with Crippen LogP contribution in [0, 0.1) is 0 Å². The number of pyridine rings is 2. The summed E-state index contributed by atoms with van der Waals surface area (Å²) < 4.78 is 9.39. The first-order valence-electron chi connectivity index (χ1n) is 22.1. The van der Waals surface area contributed by atoms with Gasteiger partial charge in [-0.1, -0.05) is 96.0 Å². The van der Waals surface area contributed by atoms with Gasteiger partial charge in [0.05, 0.1) is 24.1 Å². The topological polar surface area (TPSA) is 172 Å². The Kier molecular flexibility index (Phi) is 12.3. The minimum absolute atomic E-state index is 0.0998. The second-order valence-electron chi connectivity index (χ2n) is 17.9. The van der Waals surface area contributed by atoms with E-state index in [0.29, 0.717) is 57.7 Å². The van der Waals surface area contributed by atoms with Crippen molar-refractivity contribution in [1.82, 2.24) is 34.4 Å². The average molecular weight is 916 g/mol. The molecule has 16 heteroatoms. The van der Waals surface area contributed by atoms with Gasteiger partial charge in [0.15, 0.2) is 0 Å². The molecule has 0 saturated carbocycles. The number of hydrogen-bond donors (Lipinski definition) is 4. The number of amides is 1. The van der Waals surface area contributed by atoms with Gasteiger partial charge in [0.2, 0.25) is 11.9 Å². The number of imidazole rings is 2. The predicted octanol–water partition coefficient (Wildman–Crippen LogP) is 8.58. The van der Waals surface area contributed by atoms with Gasteiger partial charge in [-0.15, -0.1) is 0 Å². The molecule has 2 aliphatic heterocycles. The summed E-state index contributed by atoms with van der Waals surface area (Å²) >= 11 is 12.9. The first kappa shape index (κ1) is 43.9. The number of nitrogens with zero attached hydrogens (tertiary/aromatic N) is 6. The summed E-state index contributed by atoms with van der Waals surface area (Å²) in [5, 5.41) is 6.12. The van der Waals surface area contributed by atoms with Crippen molar-refractivity contribution >= 4 is 85.1 Å². The van der Waals surface area contributed by atoms with Gasteiger partial charge in [-0.2, -0.15) is 0 Å². The van der Waals surface area contributed by atoms with Gasteiger partial charge < -0.3 is 44.7 Å². The highest BCUT2D eigenvalue weighted by Crippen LogP contribution is 2.32. The summed E-state index contributed by atoms with van der Waals surface area (Å²) in [5.41, 5.74) is 11.1. The van der Waals surface area contributed by atoms with Gasteiger partial charge in [-0.3, -0.25) is 9.59 Å². The minimum Gasteiger partial charge on any atom is -0.444 e. The summed E-state index contributed by atoms with van der Waals surface area (Å²) in [5.74, 6) is 1.46. The summed E-state index contributed by atoms with van der Waals surface area (Å²) in [6, 6.07) is 30.8. The number of rotatable bonds is 7. The molecule has 14 nitrogen and oxygen atoms in total. The zero-order chi connectivity index (χ0) is 45.4. The SMILES string of the molecule is CC(C)(C)OC(=O)N[C@@H]1CCCN(c2nc3c4ccccc4[nH]c(=O)c3n2Cc2ccccc2Cl)C1.N[C@@H]1CCCN(c2nc3c4ccccc4[nH]c(=O)c3n2Cc2ccccc2Cl)C1. The van der Waals surface area contributed by atoms with Gasteiger partial charge >= 0.3 is 6.09 Å². The Bertz CT molecular complexity index is 3170. The van der Waals surface area contributed by atoms with Crippen LogP contribution in [0.3, 0.4) is 0 Å². The number of fused-ring (bicyclic) bond motifs is 6. The normalized spacial score (nSPS) is 16.8. The Morgan fingerprint density at radius 1 is 0.708 bits per heavy atom. The molecule has 6 heterocycles. The first-order valence-corrected chi connectivity index (χ1v) is 22.8. The predicted molar refractivity (Wildman–Crippen MR) is 261 cm³/mol. The average Bonchev–Trinajstić information content (AvgIpc) is 3.85. The van der Waals surface area contributed by atoms with Crippen molar-refractivity contribution in [2.75, 3.05) is 36.0 Å². The molecule has 2 atom stereocenters. The van der Waals surface area contributed by atoms with Crippen LogP contribution in [-0.4, -0.2) is 79.0 Å². The van der Waals surface area contributed by atoms with Gasteiger partial charge in [0.1, 0.15) is 27.7 Å². The van der Waals surface area contributed by atoms with E-state index >= 15 is 0 Å². The molecule has 1 amide bonds. The smallest absolute Gasteiger partial charge is 0.407 e. The van der Waals surface area contributed by atoms with Gasteiger partial charge in [-0.05, 0) is 81.8 Å². The highest BCUT2D eigenvalue weighted by Gasteiger charge is 2.29. The number of hydrogen-bond acceptors (Lipinski definition) is 9. The van der Waals surface area contributed by atoms with E-state index in [-0.39, 0.29) is 23.2 Å². The van der Waals surface area contributed by atoms with Gasteiger partial charge in [0.25, 0.3) is 11.1 Å². The summed E-state index contributed by atoms with van der Waals surface area (Å²) in [6.07, 6.45) is 3.29. The van der Waals surface area contributed by atoms with Crippen LogP contribution < -0.4 is 32.0 Å². The molecule has 336 valence electrons. The van der Waals surface area contributed by atoms with Crippen LogP contribution in [0.25, 0.3) is 43.9 Å². The maximum Gasteiger partial charge on any atom is 0.407 e. The fourth-order valence-corrected chi connectivity index (χ4v) is 9.39. The number of nitrogens with two attached hydrogens (primary N) is 1. The maximum atomic E-state index is 13.3. The van der Waals surface area contributed by atoms with Crippen molar-refractivity contribution < 1.29 is 9.53 Å². The molecule has 0 bridgehead atoms. The van der Waals surface area contributed by atoms with E-state index < -0.39 is 11.7 Å². The molecule has 4 aromatic heterocycles. The van der Waals surface area contributed by atoms with Crippen molar-refractivity contribution in [2.45, 2.75) is 77.2 Å². The van der Waals surface area contributed by atoms with Crippen molar-refractivity contribution in [1.29, 1.82) is 0 Å². The minimum atomic E-state index is -0.566. The van der Waals surface area contributed by atoms with Crippen molar-refractivity contribution in [3.8, 4) is 0 Å². The third-order valence-electron chi connectivity index (χ3n) is 11.9. The molecular formula is C49H52Cl2N10O4. The second kappa shape index (κ2) is 18.3. The van der Waals surface area contributed by atoms with E-state index in [1.54, 1.807) is 0 Å². The second-order valence-corrected chi connectivity index (χ2v) is 18.7. The molecule has 4 aromatic carbocycles. The van der Waals surface area contributed by atoms with Crippen LogP contribution in [0.1, 0.15) is 57.6 Å². The first-order chi connectivity index (χ1) is 31.3.